The number of hydrogen-bond acceptors (Lipinski definition) is 4. The second kappa shape index (κ2) is 6.40. The van der Waals surface area contributed by atoms with Gasteiger partial charge in [-0.2, -0.15) is 5.10 Å². The van der Waals surface area contributed by atoms with Crippen LogP contribution in [0.1, 0.15) is 26.4 Å². The van der Waals surface area contributed by atoms with E-state index in [1.54, 1.807) is 48.0 Å². The van der Waals surface area contributed by atoms with Crippen molar-refractivity contribution in [3.63, 3.8) is 0 Å². The summed E-state index contributed by atoms with van der Waals surface area (Å²) in [5, 5.41) is 6.01. The van der Waals surface area contributed by atoms with Gasteiger partial charge in [-0.3, -0.25) is 9.59 Å². The second-order valence-electron chi connectivity index (χ2n) is 6.62. The number of amides is 2. The number of para-hydroxylation sites is 1. The Kier molecular flexibility index (Phi) is 3.94. The Labute approximate surface area is 175 Å². The molecule has 8 heteroatoms. The standard InChI is InChI=1S/C21H12Cl2N4O2/c1-11-17-18-14(20(28)26(21(18)29)16-5-3-2-4-15(16)23)10-24-19(17)27(25-11)13-8-6-12(22)7-9-13/h2-10H,1H3. The minimum absolute atomic E-state index is 0.237. The molecule has 0 N–H and O–H groups in total. The number of carbonyl (C=O) groups excluding carboxylic acids is 2. The minimum Gasteiger partial charge on any atom is -0.268 e. The highest BCUT2D eigenvalue weighted by Gasteiger charge is 2.40. The zero-order valence-electron chi connectivity index (χ0n) is 15.1. The van der Waals surface area contributed by atoms with E-state index in [2.05, 4.69) is 10.1 Å². The van der Waals surface area contributed by atoms with Gasteiger partial charge < -0.3 is 0 Å². The van der Waals surface area contributed by atoms with Crippen molar-refractivity contribution in [2.24, 2.45) is 0 Å². The maximum Gasteiger partial charge on any atom is 0.267 e. The summed E-state index contributed by atoms with van der Waals surface area (Å²) in [4.78, 5) is 31.8. The predicted octanol–water partition coefficient (Wildman–Crippen LogP) is 4.84. The number of aromatic nitrogens is 3. The first kappa shape index (κ1) is 17.8. The second-order valence-corrected chi connectivity index (χ2v) is 7.46. The first-order chi connectivity index (χ1) is 14.0. The van der Waals surface area contributed by atoms with Gasteiger partial charge in [0.05, 0.1) is 38.6 Å². The molecule has 1 aliphatic rings. The highest BCUT2D eigenvalue weighted by atomic mass is 35.5. The van der Waals surface area contributed by atoms with E-state index >= 15 is 0 Å². The molecule has 2 amide bonds. The summed E-state index contributed by atoms with van der Waals surface area (Å²) in [7, 11) is 0. The molecule has 0 atom stereocenters. The van der Waals surface area contributed by atoms with E-state index in [9.17, 15) is 9.59 Å². The molecule has 0 radical (unpaired) electrons. The number of carbonyl (C=O) groups is 2. The Morgan fingerprint density at radius 1 is 0.931 bits per heavy atom. The van der Waals surface area contributed by atoms with Crippen LogP contribution in [0.3, 0.4) is 0 Å². The molecule has 3 heterocycles. The van der Waals surface area contributed by atoms with Gasteiger partial charge in [0.2, 0.25) is 0 Å². The molecule has 142 valence electrons. The molecule has 0 saturated heterocycles. The smallest absolute Gasteiger partial charge is 0.267 e. The minimum atomic E-state index is -0.453. The molecule has 1 aliphatic heterocycles. The fraction of sp³-hybridized carbons (Fsp3) is 0.0476. The summed E-state index contributed by atoms with van der Waals surface area (Å²) >= 11 is 12.2. The van der Waals surface area contributed by atoms with Crippen LogP contribution in [-0.2, 0) is 0 Å². The van der Waals surface area contributed by atoms with Gasteiger partial charge in [-0.1, -0.05) is 35.3 Å². The lowest BCUT2D eigenvalue weighted by Gasteiger charge is -2.15. The lowest BCUT2D eigenvalue weighted by Crippen LogP contribution is -2.29. The Balaban J connectivity index is 1.73. The number of rotatable bonds is 2. The SMILES string of the molecule is Cc1nn(-c2ccc(Cl)cc2)c2ncc3c(c12)C(=O)N(c1ccccc1Cl)C3=O. The summed E-state index contributed by atoms with van der Waals surface area (Å²) in [6, 6.07) is 13.9. The Morgan fingerprint density at radius 2 is 1.66 bits per heavy atom. The van der Waals surface area contributed by atoms with Crippen LogP contribution >= 0.6 is 23.2 Å². The molecule has 2 aromatic carbocycles. The number of fused-ring (bicyclic) bond motifs is 3. The molecule has 0 saturated carbocycles. The number of nitrogens with zero attached hydrogens (tertiary/aromatic N) is 4. The summed E-state index contributed by atoms with van der Waals surface area (Å²) < 4.78 is 1.64. The zero-order chi connectivity index (χ0) is 20.3. The molecular formula is C21H12Cl2N4O2. The van der Waals surface area contributed by atoms with Crippen molar-refractivity contribution in [3.05, 3.63) is 81.6 Å². The maximum absolute atomic E-state index is 13.3. The normalized spacial score (nSPS) is 13.4. The topological polar surface area (TPSA) is 68.1 Å². The van der Waals surface area contributed by atoms with E-state index in [0.717, 1.165) is 10.6 Å². The quantitative estimate of drug-likeness (QED) is 0.433. The molecule has 29 heavy (non-hydrogen) atoms. The Morgan fingerprint density at radius 3 is 2.38 bits per heavy atom. The van der Waals surface area contributed by atoms with Crippen molar-refractivity contribution in [3.8, 4) is 5.69 Å². The van der Waals surface area contributed by atoms with Crippen molar-refractivity contribution in [2.45, 2.75) is 6.92 Å². The van der Waals surface area contributed by atoms with Gasteiger partial charge in [0.1, 0.15) is 0 Å². The predicted molar refractivity (Wildman–Crippen MR) is 111 cm³/mol. The van der Waals surface area contributed by atoms with Crippen molar-refractivity contribution in [1.29, 1.82) is 0 Å². The van der Waals surface area contributed by atoms with Gasteiger partial charge in [0, 0.05) is 11.2 Å². The van der Waals surface area contributed by atoms with E-state index in [-0.39, 0.29) is 11.1 Å². The van der Waals surface area contributed by atoms with E-state index in [4.69, 9.17) is 23.2 Å². The average Bonchev–Trinajstić information content (AvgIpc) is 3.18. The van der Waals surface area contributed by atoms with Crippen LogP contribution in [0.2, 0.25) is 10.0 Å². The van der Waals surface area contributed by atoms with Crippen molar-refractivity contribution >= 4 is 51.7 Å². The first-order valence-corrected chi connectivity index (χ1v) is 9.50. The van der Waals surface area contributed by atoms with Gasteiger partial charge in [-0.05, 0) is 43.3 Å². The highest BCUT2D eigenvalue weighted by molar-refractivity contribution is 6.41. The third-order valence-corrected chi connectivity index (χ3v) is 5.46. The highest BCUT2D eigenvalue weighted by Crippen LogP contribution is 2.36. The molecule has 0 bridgehead atoms. The van der Waals surface area contributed by atoms with Crippen LogP contribution in [0.25, 0.3) is 16.7 Å². The first-order valence-electron chi connectivity index (χ1n) is 8.75. The summed E-state index contributed by atoms with van der Waals surface area (Å²) in [5.74, 6) is -0.893. The zero-order valence-corrected chi connectivity index (χ0v) is 16.6. The third kappa shape index (κ3) is 2.57. The molecule has 6 nitrogen and oxygen atoms in total. The Hall–Kier alpha value is -3.22. The monoisotopic (exact) mass is 422 g/mol. The van der Waals surface area contributed by atoms with Crippen LogP contribution < -0.4 is 4.90 Å². The molecule has 4 aromatic rings. The van der Waals surface area contributed by atoms with Crippen LogP contribution in [-0.4, -0.2) is 26.6 Å². The van der Waals surface area contributed by atoms with Crippen molar-refractivity contribution < 1.29 is 9.59 Å². The van der Waals surface area contributed by atoms with Crippen LogP contribution in [0.5, 0.6) is 0 Å². The van der Waals surface area contributed by atoms with Gasteiger partial charge in [-0.25, -0.2) is 14.6 Å². The number of aryl methyl sites for hydroxylation is 1. The van der Waals surface area contributed by atoms with E-state index in [0.29, 0.717) is 32.5 Å². The van der Waals surface area contributed by atoms with E-state index < -0.39 is 11.8 Å². The van der Waals surface area contributed by atoms with Crippen LogP contribution in [0.4, 0.5) is 5.69 Å². The molecule has 0 spiro atoms. The number of anilines is 1. The Bertz CT molecular complexity index is 1330. The van der Waals surface area contributed by atoms with E-state index in [1.165, 1.54) is 6.20 Å². The van der Waals surface area contributed by atoms with Crippen molar-refractivity contribution in [1.82, 2.24) is 14.8 Å². The van der Waals surface area contributed by atoms with Gasteiger partial charge in [0.15, 0.2) is 5.65 Å². The number of halogens is 2. The fourth-order valence-electron chi connectivity index (χ4n) is 3.57. The number of benzene rings is 2. The van der Waals surface area contributed by atoms with Crippen LogP contribution in [0, 0.1) is 6.92 Å². The largest absolute Gasteiger partial charge is 0.268 e. The third-order valence-electron chi connectivity index (χ3n) is 4.89. The van der Waals surface area contributed by atoms with Gasteiger partial charge in [0.25, 0.3) is 11.8 Å². The summed E-state index contributed by atoms with van der Waals surface area (Å²) in [6.45, 7) is 1.78. The van der Waals surface area contributed by atoms with Gasteiger partial charge in [-0.15, -0.1) is 0 Å². The number of imide groups is 1. The molecule has 0 unspecified atom stereocenters. The molecular weight excluding hydrogens is 411 g/mol. The summed E-state index contributed by atoms with van der Waals surface area (Å²) in [6.07, 6.45) is 1.42. The number of hydrogen-bond donors (Lipinski definition) is 0. The number of pyridine rings is 1. The van der Waals surface area contributed by atoms with Crippen molar-refractivity contribution in [2.75, 3.05) is 4.90 Å². The molecule has 0 fully saturated rings. The fourth-order valence-corrected chi connectivity index (χ4v) is 3.92. The molecule has 0 aliphatic carbocycles. The lowest BCUT2D eigenvalue weighted by atomic mass is 10.1. The molecule has 2 aromatic heterocycles. The van der Waals surface area contributed by atoms with Gasteiger partial charge >= 0.3 is 0 Å². The maximum atomic E-state index is 13.3. The van der Waals surface area contributed by atoms with E-state index in [1.807, 2.05) is 12.1 Å². The average molecular weight is 423 g/mol. The van der Waals surface area contributed by atoms with Crippen LogP contribution in [0.15, 0.2) is 54.7 Å². The summed E-state index contributed by atoms with van der Waals surface area (Å²) in [5.41, 5.74) is 2.71. The molecule has 5 rings (SSSR count). The lowest BCUT2D eigenvalue weighted by molar-refractivity contribution is 0.0926.